The van der Waals surface area contributed by atoms with Crippen LogP contribution in [0.25, 0.3) is 11.0 Å². The molecular formula is C16H23N7O2. The van der Waals surface area contributed by atoms with E-state index in [1.54, 1.807) is 17.2 Å². The third kappa shape index (κ3) is 3.29. The minimum atomic E-state index is 0.135. The van der Waals surface area contributed by atoms with Crippen molar-refractivity contribution in [1.82, 2.24) is 30.0 Å². The van der Waals surface area contributed by atoms with E-state index in [1.807, 2.05) is 11.9 Å². The van der Waals surface area contributed by atoms with Crippen LogP contribution in [0.15, 0.2) is 12.5 Å². The Kier molecular flexibility index (Phi) is 4.50. The molecule has 2 aromatic heterocycles. The van der Waals surface area contributed by atoms with Gasteiger partial charge in [-0.3, -0.25) is 9.48 Å². The fourth-order valence-electron chi connectivity index (χ4n) is 3.46. The van der Waals surface area contributed by atoms with Crippen LogP contribution in [0.1, 0.15) is 6.42 Å². The molecule has 0 bridgehead atoms. The van der Waals surface area contributed by atoms with E-state index in [0.29, 0.717) is 26.1 Å². The summed E-state index contributed by atoms with van der Waals surface area (Å²) in [6, 6.07) is 0.135. The van der Waals surface area contributed by atoms with Crippen molar-refractivity contribution in [3.63, 3.8) is 0 Å². The van der Waals surface area contributed by atoms with Crippen molar-refractivity contribution in [2.75, 3.05) is 50.8 Å². The molecule has 0 saturated carbocycles. The average Bonchev–Trinajstić information content (AvgIpc) is 3.04. The fraction of sp³-hybridized carbons (Fsp3) is 0.625. The van der Waals surface area contributed by atoms with E-state index in [9.17, 15) is 4.79 Å². The summed E-state index contributed by atoms with van der Waals surface area (Å²) in [5.74, 6) is 1.09. The Bertz CT molecular complexity index is 748. The van der Waals surface area contributed by atoms with E-state index in [-0.39, 0.29) is 11.9 Å². The van der Waals surface area contributed by atoms with Crippen LogP contribution < -0.4 is 10.2 Å². The molecule has 2 saturated heterocycles. The van der Waals surface area contributed by atoms with Gasteiger partial charge in [-0.25, -0.2) is 9.97 Å². The lowest BCUT2D eigenvalue weighted by Crippen LogP contribution is -2.51. The molecule has 2 aromatic rings. The zero-order valence-electron chi connectivity index (χ0n) is 14.4. The van der Waals surface area contributed by atoms with Crippen molar-refractivity contribution in [3.8, 4) is 0 Å². The maximum atomic E-state index is 12.5. The molecule has 134 valence electrons. The van der Waals surface area contributed by atoms with Crippen molar-refractivity contribution in [2.45, 2.75) is 12.5 Å². The molecular weight excluding hydrogens is 322 g/mol. The van der Waals surface area contributed by atoms with Crippen molar-refractivity contribution in [1.29, 1.82) is 0 Å². The molecule has 4 rings (SSSR count). The number of ether oxygens (including phenoxy) is 1. The van der Waals surface area contributed by atoms with E-state index in [1.165, 1.54) is 0 Å². The van der Waals surface area contributed by atoms with Gasteiger partial charge in [0.1, 0.15) is 12.1 Å². The second-order valence-corrected chi connectivity index (χ2v) is 6.50. The van der Waals surface area contributed by atoms with E-state index >= 15 is 0 Å². The third-order valence-corrected chi connectivity index (χ3v) is 4.86. The monoisotopic (exact) mass is 345 g/mol. The molecule has 9 nitrogen and oxygen atoms in total. The normalized spacial score (nSPS) is 21.7. The van der Waals surface area contributed by atoms with Gasteiger partial charge in [-0.2, -0.15) is 5.10 Å². The SMILES string of the molecule is Cn1ncc2c(N3CCN(C(=O)CC4COCCN4)CC3)ncnc21. The van der Waals surface area contributed by atoms with Crippen LogP contribution in [0.2, 0.25) is 0 Å². The molecule has 4 heterocycles. The highest BCUT2D eigenvalue weighted by atomic mass is 16.5. The molecule has 1 atom stereocenters. The Balaban J connectivity index is 1.38. The third-order valence-electron chi connectivity index (χ3n) is 4.86. The summed E-state index contributed by atoms with van der Waals surface area (Å²) in [7, 11) is 1.87. The van der Waals surface area contributed by atoms with Crippen LogP contribution in [-0.2, 0) is 16.6 Å². The highest BCUT2D eigenvalue weighted by molar-refractivity contribution is 5.86. The smallest absolute Gasteiger partial charge is 0.224 e. The summed E-state index contributed by atoms with van der Waals surface area (Å²) in [5, 5.41) is 8.55. The molecule has 0 aliphatic carbocycles. The van der Waals surface area contributed by atoms with E-state index in [4.69, 9.17) is 4.74 Å². The Labute approximate surface area is 146 Å². The number of anilines is 1. The van der Waals surface area contributed by atoms with E-state index in [0.717, 1.165) is 43.1 Å². The van der Waals surface area contributed by atoms with Crippen molar-refractivity contribution < 1.29 is 9.53 Å². The van der Waals surface area contributed by atoms with Crippen LogP contribution in [0.3, 0.4) is 0 Å². The van der Waals surface area contributed by atoms with Gasteiger partial charge in [0, 0.05) is 52.2 Å². The summed E-state index contributed by atoms with van der Waals surface area (Å²) >= 11 is 0. The maximum Gasteiger partial charge on any atom is 0.224 e. The number of carbonyl (C=O) groups excluding carboxylic acids is 1. The number of morpholine rings is 1. The molecule has 0 spiro atoms. The Morgan fingerprint density at radius 3 is 2.92 bits per heavy atom. The maximum absolute atomic E-state index is 12.5. The molecule has 25 heavy (non-hydrogen) atoms. The zero-order valence-corrected chi connectivity index (χ0v) is 14.4. The molecule has 1 N–H and O–H groups in total. The van der Waals surface area contributed by atoms with Gasteiger partial charge >= 0.3 is 0 Å². The number of rotatable bonds is 3. The molecule has 2 fully saturated rings. The molecule has 1 amide bonds. The summed E-state index contributed by atoms with van der Waals surface area (Å²) < 4.78 is 7.17. The van der Waals surface area contributed by atoms with Gasteiger partial charge < -0.3 is 19.9 Å². The van der Waals surface area contributed by atoms with E-state index < -0.39 is 0 Å². The van der Waals surface area contributed by atoms with Crippen molar-refractivity contribution in [3.05, 3.63) is 12.5 Å². The lowest BCUT2D eigenvalue weighted by molar-refractivity contribution is -0.132. The summed E-state index contributed by atoms with van der Waals surface area (Å²) in [6.45, 7) is 5.11. The van der Waals surface area contributed by atoms with Crippen molar-refractivity contribution in [2.24, 2.45) is 7.05 Å². The Morgan fingerprint density at radius 2 is 2.16 bits per heavy atom. The van der Waals surface area contributed by atoms with Crippen LogP contribution in [0.5, 0.6) is 0 Å². The summed E-state index contributed by atoms with van der Waals surface area (Å²) in [6.07, 6.45) is 3.88. The largest absolute Gasteiger partial charge is 0.378 e. The number of carbonyl (C=O) groups is 1. The zero-order chi connectivity index (χ0) is 17.2. The van der Waals surface area contributed by atoms with Crippen LogP contribution >= 0.6 is 0 Å². The number of hydrogen-bond acceptors (Lipinski definition) is 7. The van der Waals surface area contributed by atoms with Gasteiger partial charge in [-0.15, -0.1) is 0 Å². The number of aromatic nitrogens is 4. The predicted octanol–water partition coefficient (Wildman–Crippen LogP) is -0.610. The molecule has 1 unspecified atom stereocenters. The average molecular weight is 345 g/mol. The molecule has 2 aliphatic rings. The van der Waals surface area contributed by atoms with Crippen LogP contribution in [-0.4, -0.2) is 82.5 Å². The minimum absolute atomic E-state index is 0.135. The van der Waals surface area contributed by atoms with Gasteiger partial charge in [-0.1, -0.05) is 0 Å². The topological polar surface area (TPSA) is 88.4 Å². The van der Waals surface area contributed by atoms with Gasteiger partial charge in [0.2, 0.25) is 5.91 Å². The molecule has 0 radical (unpaired) electrons. The first-order valence-electron chi connectivity index (χ1n) is 8.69. The van der Waals surface area contributed by atoms with Gasteiger partial charge in [-0.05, 0) is 0 Å². The van der Waals surface area contributed by atoms with Gasteiger partial charge in [0.15, 0.2) is 5.65 Å². The highest BCUT2D eigenvalue weighted by Crippen LogP contribution is 2.23. The highest BCUT2D eigenvalue weighted by Gasteiger charge is 2.26. The lowest BCUT2D eigenvalue weighted by Gasteiger charge is -2.36. The Hall–Kier alpha value is -2.26. The fourth-order valence-corrected chi connectivity index (χ4v) is 3.46. The number of piperazine rings is 1. The molecule has 0 aromatic carbocycles. The first kappa shape index (κ1) is 16.2. The van der Waals surface area contributed by atoms with Crippen LogP contribution in [0, 0.1) is 0 Å². The second kappa shape index (κ2) is 6.93. The molecule has 2 aliphatic heterocycles. The number of fused-ring (bicyclic) bond motifs is 1. The van der Waals surface area contributed by atoms with Gasteiger partial charge in [0.05, 0.1) is 24.8 Å². The number of aryl methyl sites for hydroxylation is 1. The summed E-state index contributed by atoms with van der Waals surface area (Å²) in [5.41, 5.74) is 0.826. The number of hydrogen-bond donors (Lipinski definition) is 1. The minimum Gasteiger partial charge on any atom is -0.378 e. The second-order valence-electron chi connectivity index (χ2n) is 6.50. The van der Waals surface area contributed by atoms with Gasteiger partial charge in [0.25, 0.3) is 0 Å². The van der Waals surface area contributed by atoms with Crippen molar-refractivity contribution >= 4 is 22.8 Å². The summed E-state index contributed by atoms with van der Waals surface area (Å²) in [4.78, 5) is 25.4. The number of nitrogens with zero attached hydrogens (tertiary/aromatic N) is 6. The number of amides is 1. The van der Waals surface area contributed by atoms with E-state index in [2.05, 4.69) is 25.3 Å². The number of nitrogens with one attached hydrogen (secondary N) is 1. The quantitative estimate of drug-likeness (QED) is 0.794. The van der Waals surface area contributed by atoms with Crippen LogP contribution in [0.4, 0.5) is 5.82 Å². The standard InChI is InChI=1S/C16H23N7O2/c1-21-15-13(9-20-21)16(19-11-18-15)23-5-3-22(4-6-23)14(24)8-12-10-25-7-2-17-12/h9,11-12,17H,2-8,10H2,1H3. The first-order valence-corrected chi connectivity index (χ1v) is 8.69. The lowest BCUT2D eigenvalue weighted by atomic mass is 10.1. The predicted molar refractivity (Wildman–Crippen MR) is 92.3 cm³/mol. The Morgan fingerprint density at radius 1 is 1.32 bits per heavy atom. The molecule has 9 heteroatoms. The first-order chi connectivity index (χ1) is 12.2.